The number of allylic oxidation sites excluding steroid dienone is 1. The molecule has 0 rings (SSSR count). The van der Waals surface area contributed by atoms with Gasteiger partial charge in [0.05, 0.1) is 12.2 Å². The van der Waals surface area contributed by atoms with Crippen molar-refractivity contribution < 1.29 is 9.78 Å². The molecule has 0 aromatic carbocycles. The summed E-state index contributed by atoms with van der Waals surface area (Å²) < 4.78 is 0. The van der Waals surface area contributed by atoms with E-state index in [0.717, 1.165) is 12.8 Å². The van der Waals surface area contributed by atoms with Crippen molar-refractivity contribution in [1.29, 1.82) is 0 Å². The monoisotopic (exact) mass is 186 g/mol. The maximum atomic E-state index is 5.12. The molecule has 0 aromatic heterocycles. The first-order valence-electron chi connectivity index (χ1n) is 4.98. The van der Waals surface area contributed by atoms with Gasteiger partial charge in [-0.05, 0) is 40.0 Å². The first-order valence-corrected chi connectivity index (χ1v) is 4.98. The molecule has 0 fully saturated rings. The molecule has 0 aliphatic rings. The maximum absolute atomic E-state index is 5.12. The van der Waals surface area contributed by atoms with E-state index in [0.29, 0.717) is 6.61 Å². The summed E-state index contributed by atoms with van der Waals surface area (Å²) in [5.41, 5.74) is -0.193. The van der Waals surface area contributed by atoms with E-state index < -0.39 is 0 Å². The highest BCUT2D eigenvalue weighted by molar-refractivity contribution is 4.65. The Morgan fingerprint density at radius 2 is 1.85 bits per heavy atom. The van der Waals surface area contributed by atoms with Crippen molar-refractivity contribution in [2.45, 2.75) is 52.1 Å². The Morgan fingerprint density at radius 1 is 1.15 bits per heavy atom. The molecule has 0 atom stereocenters. The lowest BCUT2D eigenvalue weighted by atomic mass is 10.2. The van der Waals surface area contributed by atoms with Crippen molar-refractivity contribution in [3.05, 3.63) is 12.7 Å². The Morgan fingerprint density at radius 3 is 2.38 bits per heavy atom. The molecular formula is C11H22O2. The fraction of sp³-hybridized carbons (Fsp3) is 0.818. The molecule has 0 spiro atoms. The van der Waals surface area contributed by atoms with Crippen LogP contribution in [0.3, 0.4) is 0 Å². The summed E-state index contributed by atoms with van der Waals surface area (Å²) in [6, 6.07) is 0. The molecule has 78 valence electrons. The van der Waals surface area contributed by atoms with Crippen LogP contribution in [0.15, 0.2) is 12.7 Å². The third-order valence-corrected chi connectivity index (χ3v) is 1.44. The second-order valence-corrected chi connectivity index (χ2v) is 4.16. The second kappa shape index (κ2) is 7.10. The minimum absolute atomic E-state index is 0.193. The van der Waals surface area contributed by atoms with Crippen LogP contribution in [0.1, 0.15) is 46.5 Å². The average molecular weight is 186 g/mol. The molecule has 0 unspecified atom stereocenters. The molecule has 0 amide bonds. The van der Waals surface area contributed by atoms with Crippen LogP contribution in [-0.4, -0.2) is 12.2 Å². The highest BCUT2D eigenvalue weighted by Gasteiger charge is 2.10. The minimum Gasteiger partial charge on any atom is -0.236 e. The molecule has 0 heterocycles. The molecule has 2 heteroatoms. The van der Waals surface area contributed by atoms with Gasteiger partial charge in [0.2, 0.25) is 0 Å². The van der Waals surface area contributed by atoms with E-state index in [1.165, 1.54) is 12.8 Å². The average Bonchev–Trinajstić information content (AvgIpc) is 2.01. The molecule has 13 heavy (non-hydrogen) atoms. The zero-order valence-electron chi connectivity index (χ0n) is 9.14. The summed E-state index contributed by atoms with van der Waals surface area (Å²) in [7, 11) is 0. The van der Waals surface area contributed by atoms with Crippen LogP contribution in [0.4, 0.5) is 0 Å². The summed E-state index contributed by atoms with van der Waals surface area (Å²) in [6.07, 6.45) is 6.48. The van der Waals surface area contributed by atoms with Gasteiger partial charge in [0.15, 0.2) is 0 Å². The predicted octanol–water partition coefficient (Wildman–Crippen LogP) is 3.48. The quantitative estimate of drug-likeness (QED) is 0.262. The molecule has 0 aromatic rings. The SMILES string of the molecule is C=CCCCCCOOC(C)(C)C. The van der Waals surface area contributed by atoms with E-state index in [9.17, 15) is 0 Å². The van der Waals surface area contributed by atoms with Gasteiger partial charge in [-0.1, -0.05) is 12.5 Å². The van der Waals surface area contributed by atoms with Gasteiger partial charge in [0.1, 0.15) is 0 Å². The largest absolute Gasteiger partial charge is 0.236 e. The van der Waals surface area contributed by atoms with Crippen LogP contribution in [-0.2, 0) is 9.78 Å². The highest BCUT2D eigenvalue weighted by Crippen LogP contribution is 2.08. The van der Waals surface area contributed by atoms with Crippen LogP contribution in [0.5, 0.6) is 0 Å². The molecule has 0 saturated carbocycles. The van der Waals surface area contributed by atoms with Crippen molar-refractivity contribution in [1.82, 2.24) is 0 Å². The lowest BCUT2D eigenvalue weighted by Gasteiger charge is -2.17. The van der Waals surface area contributed by atoms with E-state index in [4.69, 9.17) is 9.78 Å². The molecule has 2 nitrogen and oxygen atoms in total. The summed E-state index contributed by atoms with van der Waals surface area (Å²) >= 11 is 0. The van der Waals surface area contributed by atoms with Crippen molar-refractivity contribution in [2.24, 2.45) is 0 Å². The normalized spacial score (nSPS) is 11.6. The number of rotatable bonds is 7. The molecular weight excluding hydrogens is 164 g/mol. The Balaban J connectivity index is 3.04. The Bertz CT molecular complexity index is 125. The molecule has 0 aliphatic heterocycles. The van der Waals surface area contributed by atoms with Crippen LogP contribution in [0.25, 0.3) is 0 Å². The van der Waals surface area contributed by atoms with E-state index in [2.05, 4.69) is 6.58 Å². The minimum atomic E-state index is -0.193. The molecule has 0 saturated heterocycles. The van der Waals surface area contributed by atoms with E-state index in [-0.39, 0.29) is 5.60 Å². The first-order chi connectivity index (χ1) is 6.06. The summed E-state index contributed by atoms with van der Waals surface area (Å²) in [5.74, 6) is 0. The second-order valence-electron chi connectivity index (χ2n) is 4.16. The van der Waals surface area contributed by atoms with E-state index >= 15 is 0 Å². The van der Waals surface area contributed by atoms with Crippen molar-refractivity contribution in [3.63, 3.8) is 0 Å². The van der Waals surface area contributed by atoms with Crippen molar-refractivity contribution in [3.8, 4) is 0 Å². The smallest absolute Gasteiger partial charge is 0.0952 e. The van der Waals surface area contributed by atoms with Crippen molar-refractivity contribution in [2.75, 3.05) is 6.61 Å². The highest BCUT2D eigenvalue weighted by atomic mass is 17.2. The van der Waals surface area contributed by atoms with Gasteiger partial charge in [-0.15, -0.1) is 6.58 Å². The zero-order valence-corrected chi connectivity index (χ0v) is 9.14. The van der Waals surface area contributed by atoms with Crippen molar-refractivity contribution >= 4 is 0 Å². The van der Waals surface area contributed by atoms with Gasteiger partial charge in [0, 0.05) is 0 Å². The van der Waals surface area contributed by atoms with Gasteiger partial charge in [-0.2, -0.15) is 0 Å². The standard InChI is InChI=1S/C11H22O2/c1-5-6-7-8-9-10-12-13-11(2,3)4/h5H,1,6-10H2,2-4H3. The van der Waals surface area contributed by atoms with Crippen LogP contribution < -0.4 is 0 Å². The van der Waals surface area contributed by atoms with Gasteiger partial charge >= 0.3 is 0 Å². The summed E-state index contributed by atoms with van der Waals surface area (Å²) in [5, 5.41) is 0. The van der Waals surface area contributed by atoms with Crippen LogP contribution in [0, 0.1) is 0 Å². The van der Waals surface area contributed by atoms with Gasteiger partial charge < -0.3 is 0 Å². The summed E-state index contributed by atoms with van der Waals surface area (Å²) in [4.78, 5) is 10.2. The van der Waals surface area contributed by atoms with Crippen LogP contribution >= 0.6 is 0 Å². The van der Waals surface area contributed by atoms with Gasteiger partial charge in [-0.3, -0.25) is 0 Å². The number of unbranched alkanes of at least 4 members (excludes halogenated alkanes) is 3. The number of hydrogen-bond donors (Lipinski definition) is 0. The topological polar surface area (TPSA) is 18.5 Å². The number of hydrogen-bond acceptors (Lipinski definition) is 2. The lowest BCUT2D eigenvalue weighted by molar-refractivity contribution is -0.348. The fourth-order valence-electron chi connectivity index (χ4n) is 0.845. The molecule has 0 radical (unpaired) electrons. The van der Waals surface area contributed by atoms with Gasteiger partial charge in [0.25, 0.3) is 0 Å². The van der Waals surface area contributed by atoms with Crippen LogP contribution in [0.2, 0.25) is 0 Å². The maximum Gasteiger partial charge on any atom is 0.0952 e. The summed E-state index contributed by atoms with van der Waals surface area (Å²) in [6.45, 7) is 10.3. The van der Waals surface area contributed by atoms with E-state index in [1.807, 2.05) is 26.8 Å². The fourth-order valence-corrected chi connectivity index (χ4v) is 0.845. The molecule has 0 bridgehead atoms. The first kappa shape index (κ1) is 12.7. The third kappa shape index (κ3) is 11.7. The van der Waals surface area contributed by atoms with Gasteiger partial charge in [-0.25, -0.2) is 9.78 Å². The Labute approximate surface area is 81.9 Å². The van der Waals surface area contributed by atoms with E-state index in [1.54, 1.807) is 0 Å². The molecule has 0 N–H and O–H groups in total. The zero-order chi connectivity index (χ0) is 10.2. The molecule has 0 aliphatic carbocycles. The Kier molecular flexibility index (Phi) is 6.92. The predicted molar refractivity (Wildman–Crippen MR) is 55.5 cm³/mol. The Hall–Kier alpha value is -0.340. The lowest BCUT2D eigenvalue weighted by Crippen LogP contribution is -2.19. The third-order valence-electron chi connectivity index (χ3n) is 1.44.